The number of H-pyrrole nitrogens is 1. The van der Waals surface area contributed by atoms with E-state index in [0.717, 1.165) is 38.1 Å². The van der Waals surface area contributed by atoms with Gasteiger partial charge in [0.15, 0.2) is 10.3 Å². The molecule has 0 unspecified atom stereocenters. The number of nitrogens with one attached hydrogen (secondary N) is 2. The van der Waals surface area contributed by atoms with Gasteiger partial charge in [0.05, 0.1) is 29.6 Å². The summed E-state index contributed by atoms with van der Waals surface area (Å²) in [6.07, 6.45) is 0. The van der Waals surface area contributed by atoms with Crippen molar-refractivity contribution in [3.8, 4) is 17.0 Å². The fraction of sp³-hybridized carbons (Fsp3) is 0.150. The molecule has 2 aromatic heterocycles. The molecule has 2 N–H and O–H groups in total. The van der Waals surface area contributed by atoms with E-state index < -0.39 is 0 Å². The van der Waals surface area contributed by atoms with Gasteiger partial charge < -0.3 is 15.0 Å². The molecule has 0 aliphatic heterocycles. The molecule has 1 amide bonds. The summed E-state index contributed by atoms with van der Waals surface area (Å²) in [7, 11) is 1.64. The van der Waals surface area contributed by atoms with Gasteiger partial charge in [0.2, 0.25) is 5.91 Å². The van der Waals surface area contributed by atoms with E-state index in [1.54, 1.807) is 7.11 Å². The van der Waals surface area contributed by atoms with Crippen molar-refractivity contribution in [1.82, 2.24) is 15.0 Å². The van der Waals surface area contributed by atoms with Crippen LogP contribution in [-0.2, 0) is 4.79 Å². The second-order valence-electron chi connectivity index (χ2n) is 6.05. The Labute approximate surface area is 170 Å². The molecule has 4 aromatic rings. The molecule has 28 heavy (non-hydrogen) atoms. The largest absolute Gasteiger partial charge is 0.497 e. The number of amides is 1. The number of ether oxygens (including phenoxy) is 1. The zero-order valence-corrected chi connectivity index (χ0v) is 17.0. The monoisotopic (exact) mass is 410 g/mol. The summed E-state index contributed by atoms with van der Waals surface area (Å²) in [5.41, 5.74) is 3.72. The number of thiazole rings is 1. The quantitative estimate of drug-likeness (QED) is 0.449. The standard InChI is InChI=1S/C20H18N4O2S2/c1-12-18(13-7-9-14(26-2)10-8-13)24-20(28-12)23-17(25)11-27-19-21-15-5-3-4-6-16(15)22-19/h3-10H,11H2,1-2H3,(H,21,22)(H,23,24,25). The van der Waals surface area contributed by atoms with Crippen molar-refractivity contribution in [2.45, 2.75) is 12.1 Å². The number of imidazole rings is 1. The third-order valence-electron chi connectivity index (χ3n) is 4.11. The molecule has 6 nitrogen and oxygen atoms in total. The van der Waals surface area contributed by atoms with Gasteiger partial charge in [-0.25, -0.2) is 9.97 Å². The first kappa shape index (κ1) is 18.5. The van der Waals surface area contributed by atoms with E-state index in [1.807, 2.05) is 55.5 Å². The zero-order chi connectivity index (χ0) is 19.5. The van der Waals surface area contributed by atoms with Crippen LogP contribution in [0.2, 0.25) is 0 Å². The van der Waals surface area contributed by atoms with E-state index in [4.69, 9.17) is 4.74 Å². The van der Waals surface area contributed by atoms with Gasteiger partial charge in [0.25, 0.3) is 0 Å². The normalized spacial score (nSPS) is 10.9. The Kier molecular flexibility index (Phi) is 5.31. The van der Waals surface area contributed by atoms with Gasteiger partial charge in [-0.2, -0.15) is 0 Å². The summed E-state index contributed by atoms with van der Waals surface area (Å²) in [5, 5.41) is 4.20. The smallest absolute Gasteiger partial charge is 0.236 e. The highest BCUT2D eigenvalue weighted by Crippen LogP contribution is 2.31. The molecule has 0 aliphatic carbocycles. The second kappa shape index (κ2) is 8.04. The van der Waals surface area contributed by atoms with Gasteiger partial charge in [-0.05, 0) is 43.3 Å². The number of hydrogen-bond acceptors (Lipinski definition) is 6. The van der Waals surface area contributed by atoms with Crippen LogP contribution in [0.3, 0.4) is 0 Å². The van der Waals surface area contributed by atoms with Crippen molar-refractivity contribution in [1.29, 1.82) is 0 Å². The fourth-order valence-electron chi connectivity index (χ4n) is 2.75. The Bertz CT molecular complexity index is 1090. The van der Waals surface area contributed by atoms with Crippen molar-refractivity contribution in [2.24, 2.45) is 0 Å². The van der Waals surface area contributed by atoms with Crippen molar-refractivity contribution in [3.05, 3.63) is 53.4 Å². The van der Waals surface area contributed by atoms with E-state index in [9.17, 15) is 4.79 Å². The maximum atomic E-state index is 12.3. The lowest BCUT2D eigenvalue weighted by molar-refractivity contribution is -0.113. The van der Waals surface area contributed by atoms with Crippen molar-refractivity contribution in [2.75, 3.05) is 18.2 Å². The predicted molar refractivity (Wildman–Crippen MR) is 114 cm³/mol. The van der Waals surface area contributed by atoms with Gasteiger partial charge in [-0.3, -0.25) is 4.79 Å². The maximum absolute atomic E-state index is 12.3. The number of fused-ring (bicyclic) bond motifs is 1. The Hall–Kier alpha value is -2.84. The summed E-state index contributed by atoms with van der Waals surface area (Å²) >= 11 is 2.84. The third kappa shape index (κ3) is 4.02. The molecule has 0 aliphatic rings. The van der Waals surface area contributed by atoms with Gasteiger partial charge >= 0.3 is 0 Å². The van der Waals surface area contributed by atoms with E-state index in [1.165, 1.54) is 23.1 Å². The molecular formula is C20H18N4O2S2. The number of benzene rings is 2. The molecule has 0 saturated carbocycles. The number of aromatic amines is 1. The molecule has 142 valence electrons. The summed E-state index contributed by atoms with van der Waals surface area (Å²) in [6, 6.07) is 15.5. The van der Waals surface area contributed by atoms with Crippen molar-refractivity contribution >= 4 is 45.2 Å². The van der Waals surface area contributed by atoms with Crippen LogP contribution >= 0.6 is 23.1 Å². The molecule has 2 aromatic carbocycles. The number of carbonyl (C=O) groups is 1. The molecule has 0 fully saturated rings. The average Bonchev–Trinajstić information content (AvgIpc) is 3.29. The number of hydrogen-bond donors (Lipinski definition) is 2. The summed E-state index contributed by atoms with van der Waals surface area (Å²) in [6.45, 7) is 2.00. The zero-order valence-electron chi connectivity index (χ0n) is 15.4. The number of para-hydroxylation sites is 2. The molecule has 0 spiro atoms. The van der Waals surface area contributed by atoms with Crippen LogP contribution in [0, 0.1) is 6.92 Å². The van der Waals surface area contributed by atoms with Crippen LogP contribution in [0.1, 0.15) is 4.88 Å². The topological polar surface area (TPSA) is 79.9 Å². The molecular weight excluding hydrogens is 392 g/mol. The van der Waals surface area contributed by atoms with Crippen LogP contribution in [0.4, 0.5) is 5.13 Å². The number of rotatable bonds is 6. The van der Waals surface area contributed by atoms with E-state index in [2.05, 4.69) is 20.3 Å². The number of anilines is 1. The van der Waals surface area contributed by atoms with Gasteiger partial charge in [-0.1, -0.05) is 23.9 Å². The first-order valence-corrected chi connectivity index (χ1v) is 10.4. The number of methoxy groups -OCH3 is 1. The SMILES string of the molecule is COc1ccc(-c2nc(NC(=O)CSc3nc4ccccc4[nH]3)sc2C)cc1. The Morgan fingerprint density at radius 2 is 1.96 bits per heavy atom. The highest BCUT2D eigenvalue weighted by Gasteiger charge is 2.13. The van der Waals surface area contributed by atoms with Crippen LogP contribution in [-0.4, -0.2) is 33.7 Å². The van der Waals surface area contributed by atoms with Crippen LogP contribution < -0.4 is 10.1 Å². The first-order chi connectivity index (χ1) is 13.6. The second-order valence-corrected chi connectivity index (χ2v) is 8.22. The van der Waals surface area contributed by atoms with Crippen LogP contribution in [0.5, 0.6) is 5.75 Å². The lowest BCUT2D eigenvalue weighted by Gasteiger charge is -2.02. The minimum Gasteiger partial charge on any atom is -0.497 e. The summed E-state index contributed by atoms with van der Waals surface area (Å²) in [5.74, 6) is 0.948. The number of aryl methyl sites for hydroxylation is 1. The first-order valence-electron chi connectivity index (χ1n) is 8.61. The van der Waals surface area contributed by atoms with E-state index in [0.29, 0.717) is 5.13 Å². The maximum Gasteiger partial charge on any atom is 0.236 e. The average molecular weight is 411 g/mol. The molecule has 0 atom stereocenters. The number of carbonyl (C=O) groups excluding carboxylic acids is 1. The number of nitrogens with zero attached hydrogens (tertiary/aromatic N) is 2. The van der Waals surface area contributed by atoms with E-state index >= 15 is 0 Å². The number of thioether (sulfide) groups is 1. The lowest BCUT2D eigenvalue weighted by Crippen LogP contribution is -2.13. The summed E-state index contributed by atoms with van der Waals surface area (Å²) in [4.78, 5) is 25.6. The fourth-order valence-corrected chi connectivity index (χ4v) is 4.29. The van der Waals surface area contributed by atoms with E-state index in [-0.39, 0.29) is 11.7 Å². The Balaban J connectivity index is 1.40. The van der Waals surface area contributed by atoms with Crippen LogP contribution in [0.15, 0.2) is 53.7 Å². The highest BCUT2D eigenvalue weighted by molar-refractivity contribution is 7.99. The third-order valence-corrected chi connectivity index (χ3v) is 5.87. The minimum absolute atomic E-state index is 0.111. The van der Waals surface area contributed by atoms with Gasteiger partial charge in [0, 0.05) is 10.4 Å². The van der Waals surface area contributed by atoms with Gasteiger partial charge in [0.1, 0.15) is 5.75 Å². The predicted octanol–water partition coefficient (Wildman–Crippen LogP) is 4.73. The van der Waals surface area contributed by atoms with Crippen molar-refractivity contribution < 1.29 is 9.53 Å². The number of aromatic nitrogens is 3. The molecule has 0 saturated heterocycles. The molecule has 8 heteroatoms. The highest BCUT2D eigenvalue weighted by atomic mass is 32.2. The molecule has 4 rings (SSSR count). The molecule has 0 bridgehead atoms. The van der Waals surface area contributed by atoms with Crippen LogP contribution in [0.25, 0.3) is 22.3 Å². The van der Waals surface area contributed by atoms with Gasteiger partial charge in [-0.15, -0.1) is 11.3 Å². The van der Waals surface area contributed by atoms with Crippen molar-refractivity contribution in [3.63, 3.8) is 0 Å². The Morgan fingerprint density at radius 1 is 1.18 bits per heavy atom. The summed E-state index contributed by atoms with van der Waals surface area (Å²) < 4.78 is 5.19. The lowest BCUT2D eigenvalue weighted by atomic mass is 10.1. The Morgan fingerprint density at radius 3 is 2.71 bits per heavy atom. The molecule has 2 heterocycles. The minimum atomic E-state index is -0.111. The molecule has 0 radical (unpaired) electrons.